The van der Waals surface area contributed by atoms with Crippen LogP contribution in [0.4, 0.5) is 5.82 Å². The largest absolute Gasteiger partial charge is 0.418 e. The number of nitrogens with zero attached hydrogens (tertiary/aromatic N) is 6. The number of nitrogens with one attached hydrogen (secondary N) is 1. The maximum Gasteiger partial charge on any atom is 0.285 e. The van der Waals surface area contributed by atoms with E-state index in [2.05, 4.69) is 31.5 Å². The summed E-state index contributed by atoms with van der Waals surface area (Å²) in [6.07, 6.45) is 2.77. The minimum Gasteiger partial charge on any atom is -0.418 e. The molecule has 2 aromatic rings. The van der Waals surface area contributed by atoms with E-state index in [1.165, 1.54) is 0 Å². The van der Waals surface area contributed by atoms with Crippen molar-refractivity contribution in [1.82, 2.24) is 25.5 Å². The Bertz CT molecular complexity index is 794. The fourth-order valence-electron chi connectivity index (χ4n) is 3.45. The molecule has 0 unspecified atom stereocenters. The first-order valence-corrected chi connectivity index (χ1v) is 8.27. The normalized spacial score (nSPS) is 20.0. The van der Waals surface area contributed by atoms with Crippen molar-refractivity contribution in [2.75, 3.05) is 18.0 Å². The summed E-state index contributed by atoms with van der Waals surface area (Å²) in [5.41, 5.74) is 2.14. The number of anilines is 1. The zero-order valence-electron chi connectivity index (χ0n) is 13.6. The number of nitriles is 1. The topological polar surface area (TPSA) is 104 Å². The molecule has 8 nitrogen and oxygen atoms in total. The van der Waals surface area contributed by atoms with Crippen LogP contribution in [0.15, 0.2) is 4.42 Å². The predicted molar refractivity (Wildman–Crippen MR) is 85.8 cm³/mol. The third-order valence-corrected chi connectivity index (χ3v) is 4.58. The van der Waals surface area contributed by atoms with Crippen LogP contribution in [0, 0.1) is 24.2 Å². The molecule has 24 heavy (non-hydrogen) atoms. The van der Waals surface area contributed by atoms with Crippen molar-refractivity contribution in [1.29, 1.82) is 5.26 Å². The Morgan fingerprint density at radius 3 is 3.04 bits per heavy atom. The molecule has 0 radical (unpaired) electrons. The molecule has 1 saturated heterocycles. The minimum atomic E-state index is 0.356. The molecule has 2 aliphatic rings. The van der Waals surface area contributed by atoms with E-state index < -0.39 is 0 Å². The molecular weight excluding hydrogens is 306 g/mol. The van der Waals surface area contributed by atoms with Crippen molar-refractivity contribution in [2.45, 2.75) is 39.3 Å². The van der Waals surface area contributed by atoms with Crippen molar-refractivity contribution < 1.29 is 4.42 Å². The second-order valence-electron chi connectivity index (χ2n) is 6.34. The molecule has 0 aromatic carbocycles. The summed E-state index contributed by atoms with van der Waals surface area (Å²) in [6, 6.07) is 2.30. The van der Waals surface area contributed by atoms with Crippen LogP contribution in [0.3, 0.4) is 0 Å². The molecule has 0 saturated carbocycles. The fourth-order valence-corrected chi connectivity index (χ4v) is 3.45. The van der Waals surface area contributed by atoms with E-state index in [0.29, 0.717) is 29.9 Å². The molecule has 0 aliphatic carbocycles. The van der Waals surface area contributed by atoms with Crippen molar-refractivity contribution in [3.8, 4) is 17.8 Å². The lowest BCUT2D eigenvalue weighted by molar-refractivity contribution is 0.419. The van der Waals surface area contributed by atoms with E-state index >= 15 is 0 Å². The van der Waals surface area contributed by atoms with Gasteiger partial charge in [0.2, 0.25) is 11.7 Å². The molecule has 1 fully saturated rings. The number of fused-ring (bicyclic) bond motifs is 1. The van der Waals surface area contributed by atoms with Crippen molar-refractivity contribution in [3.63, 3.8) is 0 Å². The van der Waals surface area contributed by atoms with Gasteiger partial charge in [-0.2, -0.15) is 5.26 Å². The Balaban J connectivity index is 1.72. The molecular formula is C16H19N7O. The van der Waals surface area contributed by atoms with Crippen LogP contribution in [0.5, 0.6) is 0 Å². The van der Waals surface area contributed by atoms with Crippen LogP contribution in [0.25, 0.3) is 11.7 Å². The Morgan fingerprint density at radius 2 is 2.25 bits per heavy atom. The molecule has 0 amide bonds. The van der Waals surface area contributed by atoms with Gasteiger partial charge < -0.3 is 14.6 Å². The van der Waals surface area contributed by atoms with Gasteiger partial charge in [0.25, 0.3) is 5.89 Å². The fraction of sp³-hybridized carbons (Fsp3) is 0.562. The maximum absolute atomic E-state index is 8.99. The molecule has 4 heterocycles. The van der Waals surface area contributed by atoms with Crippen molar-refractivity contribution in [2.24, 2.45) is 5.92 Å². The molecule has 124 valence electrons. The van der Waals surface area contributed by atoms with Gasteiger partial charge in [0, 0.05) is 45.1 Å². The highest BCUT2D eigenvalue weighted by atomic mass is 16.4. The summed E-state index contributed by atoms with van der Waals surface area (Å²) < 4.78 is 5.50. The smallest absolute Gasteiger partial charge is 0.285 e. The van der Waals surface area contributed by atoms with Gasteiger partial charge in [0.15, 0.2) is 0 Å². The van der Waals surface area contributed by atoms with Crippen molar-refractivity contribution >= 4 is 5.82 Å². The summed E-state index contributed by atoms with van der Waals surface area (Å²) in [4.78, 5) is 11.6. The Kier molecular flexibility index (Phi) is 3.86. The van der Waals surface area contributed by atoms with E-state index in [-0.39, 0.29) is 0 Å². The van der Waals surface area contributed by atoms with Gasteiger partial charge in [-0.3, -0.25) is 0 Å². The van der Waals surface area contributed by atoms with Crippen LogP contribution in [0.1, 0.15) is 36.4 Å². The highest BCUT2D eigenvalue weighted by Crippen LogP contribution is 2.31. The standard InChI is InChI=1S/C16H19N7O/c1-10-21-22-16(24-10)14-19-13-8-18-7-12(13)15(20-14)23-6-2-3-11(9-23)4-5-17/h11,18H,2-4,6-9H2,1H3/t11-/m0/s1. The van der Waals surface area contributed by atoms with Crippen LogP contribution in [0.2, 0.25) is 0 Å². The highest BCUT2D eigenvalue weighted by molar-refractivity contribution is 5.56. The van der Waals surface area contributed by atoms with Crippen LogP contribution in [-0.2, 0) is 13.1 Å². The summed E-state index contributed by atoms with van der Waals surface area (Å²) in [5, 5.41) is 20.3. The Labute approximate surface area is 139 Å². The monoisotopic (exact) mass is 325 g/mol. The van der Waals surface area contributed by atoms with E-state index in [4.69, 9.17) is 14.7 Å². The number of aromatic nitrogens is 4. The van der Waals surface area contributed by atoms with Gasteiger partial charge in [-0.05, 0) is 18.8 Å². The molecule has 1 N–H and O–H groups in total. The predicted octanol–water partition coefficient (Wildman–Crippen LogP) is 1.57. The number of piperidine rings is 1. The Hall–Kier alpha value is -2.53. The third kappa shape index (κ3) is 2.71. The average Bonchev–Trinajstić information content (AvgIpc) is 3.23. The van der Waals surface area contributed by atoms with Gasteiger partial charge in [0.05, 0.1) is 11.8 Å². The first-order valence-electron chi connectivity index (χ1n) is 8.27. The second kappa shape index (κ2) is 6.17. The van der Waals surface area contributed by atoms with E-state index in [9.17, 15) is 0 Å². The zero-order valence-corrected chi connectivity index (χ0v) is 13.6. The molecule has 2 aromatic heterocycles. The highest BCUT2D eigenvalue weighted by Gasteiger charge is 2.28. The van der Waals surface area contributed by atoms with Gasteiger partial charge in [0.1, 0.15) is 5.82 Å². The van der Waals surface area contributed by atoms with Crippen LogP contribution in [-0.4, -0.2) is 33.3 Å². The zero-order chi connectivity index (χ0) is 16.5. The quantitative estimate of drug-likeness (QED) is 0.907. The first kappa shape index (κ1) is 15.0. The molecule has 4 rings (SSSR count). The second-order valence-corrected chi connectivity index (χ2v) is 6.34. The van der Waals surface area contributed by atoms with Crippen LogP contribution >= 0.6 is 0 Å². The SMILES string of the molecule is Cc1nnc(-c2nc3c(c(N4CCC[C@@H](CC#N)C4)n2)CNC3)o1. The molecule has 0 spiro atoms. The lowest BCUT2D eigenvalue weighted by Crippen LogP contribution is -2.36. The average molecular weight is 325 g/mol. The summed E-state index contributed by atoms with van der Waals surface area (Å²) in [5.74, 6) is 2.68. The minimum absolute atomic E-state index is 0.356. The van der Waals surface area contributed by atoms with E-state index in [0.717, 1.165) is 56.1 Å². The Morgan fingerprint density at radius 1 is 1.33 bits per heavy atom. The molecule has 0 bridgehead atoms. The summed E-state index contributed by atoms with van der Waals surface area (Å²) in [6.45, 7) is 5.06. The first-order chi connectivity index (χ1) is 11.7. The maximum atomic E-state index is 8.99. The van der Waals surface area contributed by atoms with Crippen LogP contribution < -0.4 is 10.2 Å². The van der Waals surface area contributed by atoms with E-state index in [1.807, 2.05) is 0 Å². The number of hydrogen-bond donors (Lipinski definition) is 1. The van der Waals surface area contributed by atoms with Gasteiger partial charge in [-0.1, -0.05) is 0 Å². The number of rotatable bonds is 3. The number of aryl methyl sites for hydroxylation is 1. The lowest BCUT2D eigenvalue weighted by atomic mass is 9.95. The van der Waals surface area contributed by atoms with Crippen molar-refractivity contribution in [3.05, 3.63) is 17.1 Å². The van der Waals surface area contributed by atoms with Gasteiger partial charge >= 0.3 is 0 Å². The molecule has 8 heteroatoms. The molecule has 2 aliphatic heterocycles. The van der Waals surface area contributed by atoms with E-state index in [1.54, 1.807) is 6.92 Å². The third-order valence-electron chi connectivity index (χ3n) is 4.58. The number of hydrogen-bond acceptors (Lipinski definition) is 8. The van der Waals surface area contributed by atoms with Gasteiger partial charge in [-0.15, -0.1) is 10.2 Å². The van der Waals surface area contributed by atoms with Gasteiger partial charge in [-0.25, -0.2) is 9.97 Å². The summed E-state index contributed by atoms with van der Waals surface area (Å²) >= 11 is 0. The summed E-state index contributed by atoms with van der Waals surface area (Å²) in [7, 11) is 0. The molecule has 1 atom stereocenters. The lowest BCUT2D eigenvalue weighted by Gasteiger charge is -2.33.